The van der Waals surface area contributed by atoms with Crippen LogP contribution in [0.2, 0.25) is 0 Å². The van der Waals surface area contributed by atoms with Crippen molar-refractivity contribution >= 4 is 41.7 Å². The second-order valence-corrected chi connectivity index (χ2v) is 6.66. The molecule has 0 aliphatic carbocycles. The SMILES string of the molecule is CCCCNC(=NC)N1CCSC(C)(C)C1.I. The molecule has 17 heavy (non-hydrogen) atoms. The van der Waals surface area contributed by atoms with Crippen molar-refractivity contribution in [2.75, 3.05) is 32.4 Å². The van der Waals surface area contributed by atoms with Crippen molar-refractivity contribution in [1.82, 2.24) is 10.2 Å². The van der Waals surface area contributed by atoms with Gasteiger partial charge in [-0.2, -0.15) is 11.8 Å². The predicted molar refractivity (Wildman–Crippen MR) is 89.8 cm³/mol. The smallest absolute Gasteiger partial charge is 0.193 e. The van der Waals surface area contributed by atoms with Gasteiger partial charge in [0.05, 0.1) is 0 Å². The number of rotatable bonds is 3. The van der Waals surface area contributed by atoms with Gasteiger partial charge in [0.15, 0.2) is 5.96 Å². The van der Waals surface area contributed by atoms with Crippen molar-refractivity contribution < 1.29 is 0 Å². The Labute approximate surface area is 127 Å². The van der Waals surface area contributed by atoms with Gasteiger partial charge in [-0.1, -0.05) is 13.3 Å². The Bertz CT molecular complexity index is 244. The largest absolute Gasteiger partial charge is 0.356 e. The van der Waals surface area contributed by atoms with Gasteiger partial charge in [0.25, 0.3) is 0 Å². The zero-order valence-electron chi connectivity index (χ0n) is 11.5. The molecule has 102 valence electrons. The Morgan fingerprint density at radius 2 is 2.18 bits per heavy atom. The molecular weight excluding hydrogens is 345 g/mol. The van der Waals surface area contributed by atoms with Gasteiger partial charge in [-0.05, 0) is 20.3 Å². The first kappa shape index (κ1) is 17.4. The Morgan fingerprint density at radius 3 is 2.71 bits per heavy atom. The molecule has 0 atom stereocenters. The summed E-state index contributed by atoms with van der Waals surface area (Å²) in [5.41, 5.74) is 0. The number of halogens is 1. The molecule has 0 amide bonds. The van der Waals surface area contributed by atoms with Gasteiger partial charge in [0.2, 0.25) is 0 Å². The van der Waals surface area contributed by atoms with E-state index in [4.69, 9.17) is 0 Å². The normalized spacial score (nSPS) is 19.8. The van der Waals surface area contributed by atoms with Crippen molar-refractivity contribution in [3.05, 3.63) is 0 Å². The van der Waals surface area contributed by atoms with E-state index >= 15 is 0 Å². The molecule has 1 saturated heterocycles. The maximum absolute atomic E-state index is 4.37. The summed E-state index contributed by atoms with van der Waals surface area (Å²) in [6, 6.07) is 0. The van der Waals surface area contributed by atoms with Gasteiger partial charge in [0.1, 0.15) is 0 Å². The van der Waals surface area contributed by atoms with Crippen LogP contribution in [0, 0.1) is 0 Å². The molecular formula is C12H26IN3S. The lowest BCUT2D eigenvalue weighted by Gasteiger charge is -2.39. The number of unbranched alkanes of at least 4 members (excludes halogenated alkanes) is 1. The predicted octanol–water partition coefficient (Wildman–Crippen LogP) is 2.81. The van der Waals surface area contributed by atoms with Crippen molar-refractivity contribution in [1.29, 1.82) is 0 Å². The summed E-state index contributed by atoms with van der Waals surface area (Å²) in [6.07, 6.45) is 2.44. The van der Waals surface area contributed by atoms with Gasteiger partial charge >= 0.3 is 0 Å². The van der Waals surface area contributed by atoms with Crippen molar-refractivity contribution in [2.45, 2.75) is 38.4 Å². The molecule has 1 heterocycles. The highest BCUT2D eigenvalue weighted by Crippen LogP contribution is 2.29. The van der Waals surface area contributed by atoms with Crippen molar-refractivity contribution in [3.8, 4) is 0 Å². The lowest BCUT2D eigenvalue weighted by molar-refractivity contribution is 0.375. The van der Waals surface area contributed by atoms with Crippen LogP contribution in [-0.2, 0) is 0 Å². The fourth-order valence-corrected chi connectivity index (χ4v) is 3.02. The van der Waals surface area contributed by atoms with E-state index < -0.39 is 0 Å². The Morgan fingerprint density at radius 1 is 1.47 bits per heavy atom. The molecule has 1 aliphatic heterocycles. The quantitative estimate of drug-likeness (QED) is 0.358. The lowest BCUT2D eigenvalue weighted by atomic mass is 10.2. The van der Waals surface area contributed by atoms with Gasteiger partial charge in [0, 0.05) is 37.2 Å². The average molecular weight is 371 g/mol. The fourth-order valence-electron chi connectivity index (χ4n) is 1.91. The van der Waals surface area contributed by atoms with Gasteiger partial charge in [-0.15, -0.1) is 24.0 Å². The molecule has 0 spiro atoms. The first-order valence-electron chi connectivity index (χ1n) is 6.18. The van der Waals surface area contributed by atoms with E-state index in [-0.39, 0.29) is 24.0 Å². The van der Waals surface area contributed by atoms with Crippen molar-refractivity contribution in [3.63, 3.8) is 0 Å². The van der Waals surface area contributed by atoms with Crippen LogP contribution in [0.3, 0.4) is 0 Å². The van der Waals surface area contributed by atoms with Gasteiger partial charge in [-0.3, -0.25) is 4.99 Å². The summed E-state index contributed by atoms with van der Waals surface area (Å²) in [4.78, 5) is 6.75. The fraction of sp³-hybridized carbons (Fsp3) is 0.917. The number of hydrogen-bond acceptors (Lipinski definition) is 2. The topological polar surface area (TPSA) is 27.6 Å². The van der Waals surface area contributed by atoms with Gasteiger partial charge < -0.3 is 10.2 Å². The second kappa shape index (κ2) is 8.45. The minimum atomic E-state index is 0. The maximum Gasteiger partial charge on any atom is 0.193 e. The highest BCUT2D eigenvalue weighted by molar-refractivity contribution is 14.0. The van der Waals surface area contributed by atoms with Crippen LogP contribution in [0.15, 0.2) is 4.99 Å². The first-order valence-corrected chi connectivity index (χ1v) is 7.17. The number of hydrogen-bond donors (Lipinski definition) is 1. The molecule has 0 aromatic carbocycles. The second-order valence-electron chi connectivity index (χ2n) is 4.86. The summed E-state index contributed by atoms with van der Waals surface area (Å²) in [7, 11) is 1.88. The van der Waals surface area contributed by atoms with Gasteiger partial charge in [-0.25, -0.2) is 0 Å². The molecule has 1 N–H and O–H groups in total. The van der Waals surface area contributed by atoms with Crippen LogP contribution in [0.5, 0.6) is 0 Å². The zero-order chi connectivity index (χ0) is 12.0. The molecule has 5 heteroatoms. The first-order chi connectivity index (χ1) is 7.59. The van der Waals surface area contributed by atoms with Crippen LogP contribution in [0.4, 0.5) is 0 Å². The number of thioether (sulfide) groups is 1. The monoisotopic (exact) mass is 371 g/mol. The van der Waals surface area contributed by atoms with E-state index in [1.54, 1.807) is 0 Å². The molecule has 0 radical (unpaired) electrons. The Balaban J connectivity index is 0.00000256. The Kier molecular flexibility index (Phi) is 8.63. The number of nitrogens with zero attached hydrogens (tertiary/aromatic N) is 2. The van der Waals surface area contributed by atoms with E-state index in [9.17, 15) is 0 Å². The van der Waals surface area contributed by atoms with Crippen LogP contribution < -0.4 is 5.32 Å². The molecule has 1 aliphatic rings. The lowest BCUT2D eigenvalue weighted by Crippen LogP contribution is -2.51. The van der Waals surface area contributed by atoms with Crippen LogP contribution in [-0.4, -0.2) is 48.0 Å². The molecule has 0 unspecified atom stereocenters. The van der Waals surface area contributed by atoms with Crippen LogP contribution in [0.1, 0.15) is 33.6 Å². The third-order valence-corrected chi connectivity index (χ3v) is 4.05. The molecule has 0 aromatic heterocycles. The molecule has 3 nitrogen and oxygen atoms in total. The van der Waals surface area contributed by atoms with Crippen LogP contribution in [0.25, 0.3) is 0 Å². The summed E-state index contributed by atoms with van der Waals surface area (Å²) in [5.74, 6) is 2.27. The molecule has 0 aromatic rings. The molecule has 0 saturated carbocycles. The van der Waals surface area contributed by atoms with Crippen molar-refractivity contribution in [2.24, 2.45) is 4.99 Å². The molecule has 1 rings (SSSR count). The van der Waals surface area contributed by atoms with E-state index in [1.807, 2.05) is 7.05 Å². The summed E-state index contributed by atoms with van der Waals surface area (Å²) in [5, 5.41) is 3.44. The standard InChI is InChI=1S/C12H25N3S.HI/c1-5-6-7-14-11(13-4)15-8-9-16-12(2,3)10-15;/h5-10H2,1-4H3,(H,13,14);1H. The molecule has 0 bridgehead atoms. The minimum Gasteiger partial charge on any atom is -0.356 e. The molecule has 1 fully saturated rings. The highest BCUT2D eigenvalue weighted by Gasteiger charge is 2.28. The minimum absolute atomic E-state index is 0. The number of nitrogens with one attached hydrogen (secondary N) is 1. The summed E-state index contributed by atoms with van der Waals surface area (Å²) < 4.78 is 0.348. The van der Waals surface area contributed by atoms with E-state index in [0.29, 0.717) is 4.75 Å². The number of aliphatic imine (C=N–C) groups is 1. The van der Waals surface area contributed by atoms with E-state index in [1.165, 1.54) is 18.6 Å². The highest BCUT2D eigenvalue weighted by atomic mass is 127. The zero-order valence-corrected chi connectivity index (χ0v) is 14.6. The maximum atomic E-state index is 4.37. The Hall–Kier alpha value is 0.350. The van der Waals surface area contributed by atoms with Crippen LogP contribution >= 0.6 is 35.7 Å². The third-order valence-electron chi connectivity index (χ3n) is 2.75. The van der Waals surface area contributed by atoms with E-state index in [0.717, 1.165) is 25.6 Å². The average Bonchev–Trinajstić information content (AvgIpc) is 2.23. The number of guanidine groups is 1. The summed E-state index contributed by atoms with van der Waals surface area (Å²) >= 11 is 2.06. The van der Waals surface area contributed by atoms with E-state index in [2.05, 4.69) is 47.7 Å². The third kappa shape index (κ3) is 6.18. The summed E-state index contributed by atoms with van der Waals surface area (Å²) in [6.45, 7) is 10.1.